The minimum atomic E-state index is 0.884. The lowest BCUT2D eigenvalue weighted by molar-refractivity contribution is 0.216. The van der Waals surface area contributed by atoms with Crippen LogP contribution in [0.2, 0.25) is 0 Å². The summed E-state index contributed by atoms with van der Waals surface area (Å²) in [6.45, 7) is 4.82. The number of nitrogens with one attached hydrogen (secondary N) is 2. The first-order valence-electron chi connectivity index (χ1n) is 6.72. The molecule has 1 saturated heterocycles. The van der Waals surface area contributed by atoms with Gasteiger partial charge in [0, 0.05) is 18.8 Å². The highest BCUT2D eigenvalue weighted by atomic mass is 15.1. The zero-order valence-electron chi connectivity index (χ0n) is 10.8. The van der Waals surface area contributed by atoms with Gasteiger partial charge in [-0.3, -0.25) is 0 Å². The molecule has 17 heavy (non-hydrogen) atoms. The van der Waals surface area contributed by atoms with Crippen molar-refractivity contribution in [2.45, 2.75) is 25.7 Å². The van der Waals surface area contributed by atoms with E-state index >= 15 is 0 Å². The van der Waals surface area contributed by atoms with Crippen molar-refractivity contribution in [2.24, 2.45) is 5.92 Å². The highest BCUT2D eigenvalue weighted by Crippen LogP contribution is 2.14. The lowest BCUT2D eigenvalue weighted by Crippen LogP contribution is -2.35. The molecule has 0 aromatic carbocycles. The number of piperidine rings is 1. The van der Waals surface area contributed by atoms with Crippen LogP contribution >= 0.6 is 0 Å². The first-order valence-corrected chi connectivity index (χ1v) is 6.72. The SMILES string of the molecule is CN1CCC(CNCCCc2ncc[nH]2)CC1. The van der Waals surface area contributed by atoms with Crippen molar-refractivity contribution >= 4 is 0 Å². The van der Waals surface area contributed by atoms with Gasteiger partial charge < -0.3 is 15.2 Å². The average Bonchev–Trinajstić information content (AvgIpc) is 2.84. The maximum absolute atomic E-state index is 4.22. The van der Waals surface area contributed by atoms with Gasteiger partial charge in [0.25, 0.3) is 0 Å². The second-order valence-corrected chi connectivity index (χ2v) is 5.09. The van der Waals surface area contributed by atoms with Crippen molar-refractivity contribution in [1.29, 1.82) is 0 Å². The Bertz CT molecular complexity index is 288. The second kappa shape index (κ2) is 6.77. The van der Waals surface area contributed by atoms with Crippen LogP contribution in [0.5, 0.6) is 0 Å². The standard InChI is InChI=1S/C13H24N4/c1-17-9-4-12(5-10-17)11-14-6-2-3-13-15-7-8-16-13/h7-8,12,14H,2-6,9-11H2,1H3,(H,15,16). The van der Waals surface area contributed by atoms with Crippen LogP contribution in [0.4, 0.5) is 0 Å². The number of likely N-dealkylation sites (tertiary alicyclic amines) is 1. The van der Waals surface area contributed by atoms with Gasteiger partial charge >= 0.3 is 0 Å². The predicted octanol–water partition coefficient (Wildman–Crippen LogP) is 1.27. The average molecular weight is 236 g/mol. The Morgan fingerprint density at radius 1 is 1.47 bits per heavy atom. The van der Waals surface area contributed by atoms with E-state index in [-0.39, 0.29) is 0 Å². The second-order valence-electron chi connectivity index (χ2n) is 5.09. The summed E-state index contributed by atoms with van der Waals surface area (Å²) < 4.78 is 0. The van der Waals surface area contributed by atoms with E-state index in [1.165, 1.54) is 38.9 Å². The van der Waals surface area contributed by atoms with E-state index in [1.807, 2.05) is 12.4 Å². The number of aromatic nitrogens is 2. The number of imidazole rings is 1. The van der Waals surface area contributed by atoms with Crippen LogP contribution in [0, 0.1) is 5.92 Å². The molecule has 1 fully saturated rings. The molecule has 1 aromatic rings. The van der Waals surface area contributed by atoms with Gasteiger partial charge in [-0.15, -0.1) is 0 Å². The third-order valence-electron chi connectivity index (χ3n) is 3.59. The van der Waals surface area contributed by atoms with Crippen LogP contribution in [-0.4, -0.2) is 48.1 Å². The number of H-pyrrole nitrogens is 1. The monoisotopic (exact) mass is 236 g/mol. The van der Waals surface area contributed by atoms with Crippen LogP contribution in [0.3, 0.4) is 0 Å². The van der Waals surface area contributed by atoms with Crippen LogP contribution in [0.25, 0.3) is 0 Å². The van der Waals surface area contributed by atoms with Crippen molar-refractivity contribution in [2.75, 3.05) is 33.2 Å². The van der Waals surface area contributed by atoms with Crippen molar-refractivity contribution in [1.82, 2.24) is 20.2 Å². The summed E-state index contributed by atoms with van der Waals surface area (Å²) in [6, 6.07) is 0. The number of nitrogens with zero attached hydrogens (tertiary/aromatic N) is 2. The van der Waals surface area contributed by atoms with E-state index < -0.39 is 0 Å². The molecule has 0 bridgehead atoms. The highest BCUT2D eigenvalue weighted by molar-refractivity contribution is 4.86. The van der Waals surface area contributed by atoms with E-state index in [2.05, 4.69) is 27.2 Å². The molecular formula is C13H24N4. The Labute approximate surface area is 104 Å². The van der Waals surface area contributed by atoms with Crippen molar-refractivity contribution < 1.29 is 0 Å². The van der Waals surface area contributed by atoms with Gasteiger partial charge in [0.15, 0.2) is 0 Å². The minimum absolute atomic E-state index is 0.884. The van der Waals surface area contributed by atoms with Crippen LogP contribution < -0.4 is 5.32 Å². The van der Waals surface area contributed by atoms with Gasteiger partial charge in [-0.1, -0.05) is 0 Å². The molecule has 1 aliphatic heterocycles. The fourth-order valence-corrected chi connectivity index (χ4v) is 2.39. The molecule has 0 amide bonds. The summed E-state index contributed by atoms with van der Waals surface area (Å²) in [5, 5.41) is 3.57. The van der Waals surface area contributed by atoms with Gasteiger partial charge in [-0.05, 0) is 58.4 Å². The largest absolute Gasteiger partial charge is 0.349 e. The Hall–Kier alpha value is -0.870. The first-order chi connectivity index (χ1) is 8.34. The molecule has 2 N–H and O–H groups in total. The zero-order valence-corrected chi connectivity index (χ0v) is 10.8. The number of aromatic amines is 1. The van der Waals surface area contributed by atoms with Gasteiger partial charge in [0.2, 0.25) is 0 Å². The van der Waals surface area contributed by atoms with E-state index in [0.29, 0.717) is 0 Å². The summed E-state index contributed by atoms with van der Waals surface area (Å²) in [6.07, 6.45) is 8.62. The van der Waals surface area contributed by atoms with Gasteiger partial charge in [0.1, 0.15) is 5.82 Å². The predicted molar refractivity (Wildman–Crippen MR) is 70.0 cm³/mol. The van der Waals surface area contributed by atoms with Crippen molar-refractivity contribution in [3.05, 3.63) is 18.2 Å². The van der Waals surface area contributed by atoms with Crippen molar-refractivity contribution in [3.8, 4) is 0 Å². The third kappa shape index (κ3) is 4.48. The lowest BCUT2D eigenvalue weighted by atomic mass is 9.97. The Morgan fingerprint density at radius 3 is 3.00 bits per heavy atom. The molecule has 4 heteroatoms. The van der Waals surface area contributed by atoms with Crippen LogP contribution in [0.1, 0.15) is 25.1 Å². The molecule has 0 aliphatic carbocycles. The molecular weight excluding hydrogens is 212 g/mol. The molecule has 1 aliphatic rings. The van der Waals surface area contributed by atoms with E-state index in [1.54, 1.807) is 0 Å². The van der Waals surface area contributed by atoms with Gasteiger partial charge in [-0.25, -0.2) is 4.98 Å². The number of hydrogen-bond donors (Lipinski definition) is 2. The van der Waals surface area contributed by atoms with Crippen LogP contribution in [-0.2, 0) is 6.42 Å². The molecule has 0 radical (unpaired) electrons. The number of rotatable bonds is 6. The molecule has 0 spiro atoms. The fraction of sp³-hybridized carbons (Fsp3) is 0.769. The molecule has 0 atom stereocenters. The molecule has 2 rings (SSSR count). The van der Waals surface area contributed by atoms with Crippen molar-refractivity contribution in [3.63, 3.8) is 0 Å². The lowest BCUT2D eigenvalue weighted by Gasteiger charge is -2.29. The van der Waals surface area contributed by atoms with E-state index in [0.717, 1.165) is 24.7 Å². The Kier molecular flexibility index (Phi) is 5.01. The Balaban J connectivity index is 1.49. The number of aryl methyl sites for hydroxylation is 1. The number of hydrogen-bond acceptors (Lipinski definition) is 3. The quantitative estimate of drug-likeness (QED) is 0.731. The van der Waals surface area contributed by atoms with Gasteiger partial charge in [0.05, 0.1) is 0 Å². The molecule has 2 heterocycles. The summed E-state index contributed by atoms with van der Waals surface area (Å²) in [5.74, 6) is 1.99. The fourth-order valence-electron chi connectivity index (χ4n) is 2.39. The first kappa shape index (κ1) is 12.6. The van der Waals surface area contributed by atoms with E-state index in [9.17, 15) is 0 Å². The summed E-state index contributed by atoms with van der Waals surface area (Å²) in [4.78, 5) is 9.79. The summed E-state index contributed by atoms with van der Waals surface area (Å²) in [5.41, 5.74) is 0. The molecule has 4 nitrogen and oxygen atoms in total. The maximum atomic E-state index is 4.22. The zero-order chi connectivity index (χ0) is 11.9. The molecule has 96 valence electrons. The normalized spacial score (nSPS) is 18.6. The smallest absolute Gasteiger partial charge is 0.106 e. The highest BCUT2D eigenvalue weighted by Gasteiger charge is 2.15. The minimum Gasteiger partial charge on any atom is -0.349 e. The third-order valence-corrected chi connectivity index (χ3v) is 3.59. The molecule has 1 aromatic heterocycles. The van der Waals surface area contributed by atoms with E-state index in [4.69, 9.17) is 0 Å². The van der Waals surface area contributed by atoms with Crippen LogP contribution in [0.15, 0.2) is 12.4 Å². The van der Waals surface area contributed by atoms with Gasteiger partial charge in [-0.2, -0.15) is 0 Å². The molecule has 0 unspecified atom stereocenters. The summed E-state index contributed by atoms with van der Waals surface area (Å²) >= 11 is 0. The summed E-state index contributed by atoms with van der Waals surface area (Å²) in [7, 11) is 2.22. The molecule has 0 saturated carbocycles. The Morgan fingerprint density at radius 2 is 2.29 bits per heavy atom. The topological polar surface area (TPSA) is 44.0 Å². The maximum Gasteiger partial charge on any atom is 0.106 e.